The Morgan fingerprint density at radius 3 is 3.08 bits per heavy atom. The number of aromatic amines is 1. The number of pyridine rings is 1. The molecule has 12 heavy (non-hydrogen) atoms. The van der Waals surface area contributed by atoms with Crippen molar-refractivity contribution in [3.05, 3.63) is 30.1 Å². The van der Waals surface area contributed by atoms with Crippen molar-refractivity contribution >= 4 is 17.1 Å². The summed E-state index contributed by atoms with van der Waals surface area (Å²) in [5, 5.41) is 7.79. The second-order valence-electron chi connectivity index (χ2n) is 2.67. The van der Waals surface area contributed by atoms with Crippen molar-refractivity contribution in [3.63, 3.8) is 0 Å². The van der Waals surface area contributed by atoms with E-state index in [1.165, 1.54) is 5.56 Å². The summed E-state index contributed by atoms with van der Waals surface area (Å²) < 4.78 is 0. The molecule has 60 valence electrons. The zero-order valence-corrected chi connectivity index (χ0v) is 6.83. The zero-order valence-electron chi connectivity index (χ0n) is 6.83. The molecule has 1 N–H and O–H groups in total. The van der Waals surface area contributed by atoms with Gasteiger partial charge in [-0.25, -0.2) is 4.98 Å². The summed E-state index contributed by atoms with van der Waals surface area (Å²) in [5.41, 5.74) is 3.06. The lowest BCUT2D eigenvalue weighted by Crippen LogP contribution is -1.84. The first-order valence-electron chi connectivity index (χ1n) is 3.74. The highest BCUT2D eigenvalue weighted by atomic mass is 15.1. The maximum absolute atomic E-state index is 4.18. The van der Waals surface area contributed by atoms with E-state index in [4.69, 9.17) is 0 Å². The summed E-state index contributed by atoms with van der Waals surface area (Å²) in [4.78, 5) is 4.18. The fourth-order valence-electron chi connectivity index (χ4n) is 1.24. The van der Waals surface area contributed by atoms with E-state index in [0.717, 1.165) is 16.6 Å². The maximum atomic E-state index is 4.18. The Bertz CT molecular complexity index is 428. The third kappa shape index (κ3) is 0.830. The molecular weight excluding hydrogens is 150 g/mol. The van der Waals surface area contributed by atoms with Gasteiger partial charge in [-0.2, -0.15) is 5.10 Å². The number of nitrogens with one attached hydrogen (secondary N) is 1. The van der Waals surface area contributed by atoms with Crippen molar-refractivity contribution in [2.45, 2.75) is 6.92 Å². The second-order valence-corrected chi connectivity index (χ2v) is 2.67. The van der Waals surface area contributed by atoms with Gasteiger partial charge in [-0.1, -0.05) is 12.7 Å². The molecule has 0 aromatic carbocycles. The number of hydrogen-bond acceptors (Lipinski definition) is 2. The van der Waals surface area contributed by atoms with Crippen LogP contribution < -0.4 is 0 Å². The van der Waals surface area contributed by atoms with Gasteiger partial charge in [-0.15, -0.1) is 0 Å². The lowest BCUT2D eigenvalue weighted by Gasteiger charge is -1.98. The Kier molecular flexibility index (Phi) is 1.43. The van der Waals surface area contributed by atoms with Crippen LogP contribution in [0.3, 0.4) is 0 Å². The number of aryl methyl sites for hydroxylation is 1. The van der Waals surface area contributed by atoms with E-state index in [1.807, 2.05) is 6.92 Å². The van der Waals surface area contributed by atoms with Crippen LogP contribution in [0.25, 0.3) is 17.1 Å². The lowest BCUT2D eigenvalue weighted by atomic mass is 10.1. The molecule has 2 aromatic heterocycles. The fraction of sp³-hybridized carbons (Fsp3) is 0.111. The SMILES string of the molecule is C=Cc1cnc2[nH]ncc2c1C. The van der Waals surface area contributed by atoms with Gasteiger partial charge in [0.15, 0.2) is 5.65 Å². The highest BCUT2D eigenvalue weighted by Gasteiger charge is 2.02. The number of aromatic nitrogens is 3. The first kappa shape index (κ1) is 7.03. The Hall–Kier alpha value is -1.64. The smallest absolute Gasteiger partial charge is 0.155 e. The van der Waals surface area contributed by atoms with Gasteiger partial charge in [0.2, 0.25) is 0 Å². The van der Waals surface area contributed by atoms with E-state index in [-0.39, 0.29) is 0 Å². The van der Waals surface area contributed by atoms with Gasteiger partial charge in [-0.3, -0.25) is 5.10 Å². The Balaban J connectivity index is 2.86. The average Bonchev–Trinajstić information content (AvgIpc) is 2.53. The van der Waals surface area contributed by atoms with Crippen molar-refractivity contribution in [2.75, 3.05) is 0 Å². The molecule has 0 saturated heterocycles. The summed E-state index contributed by atoms with van der Waals surface area (Å²) in [5.74, 6) is 0. The highest BCUT2D eigenvalue weighted by molar-refractivity contribution is 5.81. The van der Waals surface area contributed by atoms with E-state index in [9.17, 15) is 0 Å². The molecule has 3 heteroatoms. The molecule has 0 fully saturated rings. The number of rotatable bonds is 1. The molecule has 0 bridgehead atoms. The predicted molar refractivity (Wildman–Crippen MR) is 48.7 cm³/mol. The Morgan fingerprint density at radius 2 is 2.33 bits per heavy atom. The van der Waals surface area contributed by atoms with Crippen molar-refractivity contribution in [3.8, 4) is 0 Å². The van der Waals surface area contributed by atoms with Crippen molar-refractivity contribution in [1.29, 1.82) is 0 Å². The number of fused-ring (bicyclic) bond motifs is 1. The van der Waals surface area contributed by atoms with Crippen LogP contribution in [-0.4, -0.2) is 15.2 Å². The Morgan fingerprint density at radius 1 is 1.50 bits per heavy atom. The van der Waals surface area contributed by atoms with Crippen molar-refractivity contribution in [1.82, 2.24) is 15.2 Å². The molecular formula is C9H9N3. The third-order valence-corrected chi connectivity index (χ3v) is 2.01. The van der Waals surface area contributed by atoms with Gasteiger partial charge in [-0.05, 0) is 18.1 Å². The van der Waals surface area contributed by atoms with Gasteiger partial charge in [0, 0.05) is 11.6 Å². The minimum absolute atomic E-state index is 0.832. The number of hydrogen-bond donors (Lipinski definition) is 1. The maximum Gasteiger partial charge on any atom is 0.155 e. The van der Waals surface area contributed by atoms with E-state index >= 15 is 0 Å². The molecule has 0 saturated carbocycles. The summed E-state index contributed by atoms with van der Waals surface area (Å²) in [6.45, 7) is 5.75. The van der Waals surface area contributed by atoms with E-state index in [0.29, 0.717) is 0 Å². The first-order chi connectivity index (χ1) is 5.83. The van der Waals surface area contributed by atoms with Crippen LogP contribution in [0.4, 0.5) is 0 Å². The normalized spacial score (nSPS) is 10.4. The van der Waals surface area contributed by atoms with E-state index in [2.05, 4.69) is 21.8 Å². The first-order valence-corrected chi connectivity index (χ1v) is 3.74. The number of H-pyrrole nitrogens is 1. The molecule has 0 aliphatic carbocycles. The van der Waals surface area contributed by atoms with Crippen molar-refractivity contribution in [2.24, 2.45) is 0 Å². The van der Waals surface area contributed by atoms with Gasteiger partial charge in [0.25, 0.3) is 0 Å². The topological polar surface area (TPSA) is 41.6 Å². The lowest BCUT2D eigenvalue weighted by molar-refractivity contribution is 1.10. The highest BCUT2D eigenvalue weighted by Crippen LogP contribution is 2.17. The molecule has 0 spiro atoms. The molecule has 0 aliphatic rings. The molecule has 2 aromatic rings. The van der Waals surface area contributed by atoms with E-state index < -0.39 is 0 Å². The predicted octanol–water partition coefficient (Wildman–Crippen LogP) is 1.91. The quantitative estimate of drug-likeness (QED) is 0.690. The van der Waals surface area contributed by atoms with Gasteiger partial charge >= 0.3 is 0 Å². The van der Waals surface area contributed by atoms with Crippen LogP contribution in [0, 0.1) is 6.92 Å². The Labute approximate surface area is 70.1 Å². The van der Waals surface area contributed by atoms with Gasteiger partial charge in [0.1, 0.15) is 0 Å². The molecule has 3 nitrogen and oxygen atoms in total. The third-order valence-electron chi connectivity index (χ3n) is 2.01. The molecule has 0 amide bonds. The number of nitrogens with zero attached hydrogens (tertiary/aromatic N) is 2. The van der Waals surface area contributed by atoms with Crippen LogP contribution in [0.15, 0.2) is 19.0 Å². The summed E-state index contributed by atoms with van der Waals surface area (Å²) in [6.07, 6.45) is 5.38. The van der Waals surface area contributed by atoms with Crippen LogP contribution >= 0.6 is 0 Å². The average molecular weight is 159 g/mol. The zero-order chi connectivity index (χ0) is 8.55. The molecule has 0 aliphatic heterocycles. The van der Waals surface area contributed by atoms with Gasteiger partial charge < -0.3 is 0 Å². The van der Waals surface area contributed by atoms with Gasteiger partial charge in [0.05, 0.1) is 6.20 Å². The van der Waals surface area contributed by atoms with Crippen LogP contribution in [0.5, 0.6) is 0 Å². The molecule has 0 radical (unpaired) electrons. The van der Waals surface area contributed by atoms with Crippen LogP contribution in [-0.2, 0) is 0 Å². The van der Waals surface area contributed by atoms with Crippen molar-refractivity contribution < 1.29 is 0 Å². The van der Waals surface area contributed by atoms with E-state index in [1.54, 1.807) is 18.5 Å². The fourth-order valence-corrected chi connectivity index (χ4v) is 1.24. The standard InChI is InChI=1S/C9H9N3/c1-3-7-4-10-9-8(6(7)2)5-11-12-9/h3-5H,1H2,2H3,(H,10,11,12). The summed E-state index contributed by atoms with van der Waals surface area (Å²) in [6, 6.07) is 0. The van der Waals surface area contributed by atoms with Crippen LogP contribution in [0.2, 0.25) is 0 Å². The summed E-state index contributed by atoms with van der Waals surface area (Å²) >= 11 is 0. The molecule has 0 atom stereocenters. The van der Waals surface area contributed by atoms with Crippen LogP contribution in [0.1, 0.15) is 11.1 Å². The molecule has 2 rings (SSSR count). The monoisotopic (exact) mass is 159 g/mol. The molecule has 2 heterocycles. The molecule has 0 unspecified atom stereocenters. The summed E-state index contributed by atoms with van der Waals surface area (Å²) in [7, 11) is 0. The second kappa shape index (κ2) is 2.44. The minimum atomic E-state index is 0.832. The largest absolute Gasteiger partial charge is 0.261 e. The minimum Gasteiger partial charge on any atom is -0.261 e.